The minimum Gasteiger partial charge on any atom is -0.465 e. The lowest BCUT2D eigenvalue weighted by Gasteiger charge is -1.99. The Labute approximate surface area is 85.2 Å². The van der Waals surface area contributed by atoms with Gasteiger partial charge in [-0.25, -0.2) is 4.79 Å². The van der Waals surface area contributed by atoms with Gasteiger partial charge in [0.15, 0.2) is 0 Å². The van der Waals surface area contributed by atoms with Crippen molar-refractivity contribution in [3.8, 4) is 0 Å². The molecule has 78 valence electrons. The summed E-state index contributed by atoms with van der Waals surface area (Å²) >= 11 is 0. The lowest BCUT2D eigenvalue weighted by atomic mass is 10.2. The Kier molecular flexibility index (Phi) is 5.53. The zero-order valence-electron chi connectivity index (χ0n) is 9.26. The van der Waals surface area contributed by atoms with Gasteiger partial charge in [-0.1, -0.05) is 19.1 Å². The van der Waals surface area contributed by atoms with Gasteiger partial charge in [-0.2, -0.15) is 0 Å². The van der Waals surface area contributed by atoms with Gasteiger partial charge in [0.2, 0.25) is 0 Å². The van der Waals surface area contributed by atoms with Crippen molar-refractivity contribution in [1.82, 2.24) is 0 Å². The lowest BCUT2D eigenvalue weighted by molar-refractivity contribution is -0.132. The van der Waals surface area contributed by atoms with Gasteiger partial charge in [0.05, 0.1) is 7.11 Å². The molecule has 0 bridgehead atoms. The monoisotopic (exact) mass is 195 g/mol. The number of methoxy groups -OCH3 is 1. The van der Waals surface area contributed by atoms with Crippen LogP contribution in [-0.2, 0) is 9.53 Å². The van der Waals surface area contributed by atoms with Crippen LogP contribution in [0.4, 0.5) is 0 Å². The fraction of sp³-hybridized carbons (Fsp3) is 0.455. The first-order valence-corrected chi connectivity index (χ1v) is 4.51. The maximum Gasteiger partial charge on any atom is 0.352 e. The van der Waals surface area contributed by atoms with Crippen molar-refractivity contribution in [2.75, 3.05) is 7.11 Å². The van der Waals surface area contributed by atoms with E-state index in [-0.39, 0.29) is 0 Å². The van der Waals surface area contributed by atoms with Crippen LogP contribution in [0.25, 0.3) is 0 Å². The van der Waals surface area contributed by atoms with Crippen molar-refractivity contribution >= 4 is 11.7 Å². The number of carbonyl (C=O) groups is 1. The number of hydrogen-bond donors (Lipinski definition) is 0. The van der Waals surface area contributed by atoms with Crippen LogP contribution in [-0.4, -0.2) is 18.8 Å². The Hall–Kier alpha value is -1.38. The molecule has 0 saturated carbocycles. The number of ether oxygens (including phenoxy) is 1. The lowest BCUT2D eigenvalue weighted by Crippen LogP contribution is -2.11. The van der Waals surface area contributed by atoms with Crippen molar-refractivity contribution in [1.29, 1.82) is 0 Å². The molecule has 0 rings (SSSR count). The SMILES string of the molecule is C=C(/C=C(/C)N=C(C)C(=O)OC)CC. The molecular formula is C11H17NO2. The molecule has 0 aliphatic rings. The summed E-state index contributed by atoms with van der Waals surface area (Å²) in [4.78, 5) is 15.1. The Morgan fingerprint density at radius 3 is 2.50 bits per heavy atom. The zero-order valence-corrected chi connectivity index (χ0v) is 9.26. The van der Waals surface area contributed by atoms with Gasteiger partial charge in [-0.3, -0.25) is 4.99 Å². The highest BCUT2D eigenvalue weighted by molar-refractivity contribution is 6.35. The van der Waals surface area contributed by atoms with E-state index in [0.29, 0.717) is 5.71 Å². The Bertz CT molecular complexity index is 288. The van der Waals surface area contributed by atoms with Crippen LogP contribution in [0.5, 0.6) is 0 Å². The van der Waals surface area contributed by atoms with Crippen molar-refractivity contribution in [2.45, 2.75) is 27.2 Å². The third-order valence-electron chi connectivity index (χ3n) is 1.69. The number of hydrogen-bond acceptors (Lipinski definition) is 3. The molecule has 0 radical (unpaired) electrons. The van der Waals surface area contributed by atoms with Crippen molar-refractivity contribution in [2.24, 2.45) is 4.99 Å². The molecule has 3 heteroatoms. The van der Waals surface area contributed by atoms with Gasteiger partial charge in [0.1, 0.15) is 5.71 Å². The van der Waals surface area contributed by atoms with E-state index in [1.807, 2.05) is 19.9 Å². The average Bonchev–Trinajstić information content (AvgIpc) is 2.15. The molecule has 0 spiro atoms. The number of aliphatic imine (C=N–C) groups is 1. The quantitative estimate of drug-likeness (QED) is 0.392. The Balaban J connectivity index is 4.57. The molecule has 3 nitrogen and oxygen atoms in total. The van der Waals surface area contributed by atoms with Crippen LogP contribution >= 0.6 is 0 Å². The molecule has 0 unspecified atom stereocenters. The van der Waals surface area contributed by atoms with E-state index in [2.05, 4.69) is 16.3 Å². The van der Waals surface area contributed by atoms with Crippen LogP contribution in [0.2, 0.25) is 0 Å². The summed E-state index contributed by atoms with van der Waals surface area (Å²) in [6.07, 6.45) is 2.73. The average molecular weight is 195 g/mol. The van der Waals surface area contributed by atoms with E-state index in [1.165, 1.54) is 7.11 Å². The van der Waals surface area contributed by atoms with E-state index >= 15 is 0 Å². The molecule has 0 aromatic rings. The molecule has 14 heavy (non-hydrogen) atoms. The van der Waals surface area contributed by atoms with E-state index in [0.717, 1.165) is 17.7 Å². The van der Waals surface area contributed by atoms with Crippen molar-refractivity contribution in [3.63, 3.8) is 0 Å². The maximum absolute atomic E-state index is 11.0. The first-order chi connectivity index (χ1) is 6.51. The second kappa shape index (κ2) is 6.13. The number of allylic oxidation sites excluding steroid dienone is 3. The van der Waals surface area contributed by atoms with Crippen LogP contribution in [0.3, 0.4) is 0 Å². The third kappa shape index (κ3) is 4.60. The molecule has 0 saturated heterocycles. The minimum absolute atomic E-state index is 0.352. The number of rotatable bonds is 4. The zero-order chi connectivity index (χ0) is 11.1. The van der Waals surface area contributed by atoms with Gasteiger partial charge in [-0.15, -0.1) is 0 Å². The molecule has 0 aromatic heterocycles. The van der Waals surface area contributed by atoms with E-state index in [4.69, 9.17) is 0 Å². The molecule has 0 amide bonds. The Morgan fingerprint density at radius 1 is 1.50 bits per heavy atom. The Morgan fingerprint density at radius 2 is 2.07 bits per heavy atom. The molecule has 0 N–H and O–H groups in total. The molecule has 0 aliphatic heterocycles. The number of nitrogens with zero attached hydrogens (tertiary/aromatic N) is 1. The summed E-state index contributed by atoms with van der Waals surface area (Å²) in [7, 11) is 1.34. The second-order valence-electron chi connectivity index (χ2n) is 2.99. The fourth-order valence-corrected chi connectivity index (χ4v) is 0.888. The van der Waals surface area contributed by atoms with Crippen molar-refractivity contribution < 1.29 is 9.53 Å². The molecule has 0 atom stereocenters. The highest BCUT2D eigenvalue weighted by atomic mass is 16.5. The molecule has 0 fully saturated rings. The predicted octanol–water partition coefficient (Wildman–Crippen LogP) is 2.49. The third-order valence-corrected chi connectivity index (χ3v) is 1.69. The van der Waals surface area contributed by atoms with E-state index < -0.39 is 5.97 Å². The van der Waals surface area contributed by atoms with Crippen LogP contribution < -0.4 is 0 Å². The van der Waals surface area contributed by atoms with Gasteiger partial charge >= 0.3 is 5.97 Å². The first kappa shape index (κ1) is 12.6. The van der Waals surface area contributed by atoms with Crippen LogP contribution in [0, 0.1) is 0 Å². The molecule has 0 aliphatic carbocycles. The van der Waals surface area contributed by atoms with Crippen LogP contribution in [0.15, 0.2) is 28.9 Å². The smallest absolute Gasteiger partial charge is 0.352 e. The van der Waals surface area contributed by atoms with Crippen LogP contribution in [0.1, 0.15) is 27.2 Å². The first-order valence-electron chi connectivity index (χ1n) is 4.51. The highest BCUT2D eigenvalue weighted by Gasteiger charge is 2.03. The fourth-order valence-electron chi connectivity index (χ4n) is 0.888. The van der Waals surface area contributed by atoms with Gasteiger partial charge in [0.25, 0.3) is 0 Å². The van der Waals surface area contributed by atoms with Gasteiger partial charge < -0.3 is 4.74 Å². The molecule has 0 heterocycles. The molecule has 0 aromatic carbocycles. The summed E-state index contributed by atoms with van der Waals surface area (Å²) in [5.74, 6) is -0.403. The topological polar surface area (TPSA) is 38.7 Å². The minimum atomic E-state index is -0.403. The summed E-state index contributed by atoms with van der Waals surface area (Å²) in [5, 5.41) is 0. The summed E-state index contributed by atoms with van der Waals surface area (Å²) in [6.45, 7) is 9.29. The van der Waals surface area contributed by atoms with Gasteiger partial charge in [-0.05, 0) is 26.3 Å². The second-order valence-corrected chi connectivity index (χ2v) is 2.99. The number of carbonyl (C=O) groups excluding carboxylic acids is 1. The highest BCUT2D eigenvalue weighted by Crippen LogP contribution is 2.05. The van der Waals surface area contributed by atoms with Crippen molar-refractivity contribution in [3.05, 3.63) is 23.9 Å². The van der Waals surface area contributed by atoms with E-state index in [1.54, 1.807) is 6.92 Å². The summed E-state index contributed by atoms with van der Waals surface area (Å²) in [6, 6.07) is 0. The normalized spacial score (nSPS) is 12.6. The summed E-state index contributed by atoms with van der Waals surface area (Å²) in [5.41, 5.74) is 2.11. The molecular weight excluding hydrogens is 178 g/mol. The number of esters is 1. The van der Waals surface area contributed by atoms with E-state index in [9.17, 15) is 4.79 Å². The maximum atomic E-state index is 11.0. The van der Waals surface area contributed by atoms with Gasteiger partial charge in [0, 0.05) is 5.70 Å². The largest absolute Gasteiger partial charge is 0.465 e. The predicted molar refractivity (Wildman–Crippen MR) is 58.3 cm³/mol. The standard InChI is InChI=1S/C11H17NO2/c1-6-8(2)7-9(3)12-10(4)11(13)14-5/h7H,2,6H2,1,3-5H3/b9-7-,12-10?. The summed E-state index contributed by atoms with van der Waals surface area (Å²) < 4.78 is 4.52.